The Hall–Kier alpha value is -1.33. The minimum absolute atomic E-state index is 0.166. The second-order valence-electron chi connectivity index (χ2n) is 4.68. The van der Waals surface area contributed by atoms with Crippen LogP contribution in [0, 0.1) is 19.7 Å². The Morgan fingerprint density at radius 2 is 2.16 bits per heavy atom. The quantitative estimate of drug-likeness (QED) is 0.911. The summed E-state index contributed by atoms with van der Waals surface area (Å²) in [5.74, 6) is -0.167. The SMILES string of the molecule is CCCNC(c1cnns1)c1c(C)cc(C)cc1F. The summed E-state index contributed by atoms with van der Waals surface area (Å²) in [5, 5.41) is 7.24. The summed E-state index contributed by atoms with van der Waals surface area (Å²) in [6, 6.07) is 3.42. The lowest BCUT2D eigenvalue weighted by atomic mass is 9.97. The van der Waals surface area contributed by atoms with Crippen molar-refractivity contribution < 1.29 is 4.39 Å². The third-order valence-corrected chi connectivity index (χ3v) is 3.76. The van der Waals surface area contributed by atoms with Crippen molar-refractivity contribution in [1.29, 1.82) is 0 Å². The fourth-order valence-electron chi connectivity index (χ4n) is 2.23. The fourth-order valence-corrected chi connectivity index (χ4v) is 2.82. The molecule has 1 atom stereocenters. The van der Waals surface area contributed by atoms with Crippen LogP contribution in [0.1, 0.15) is 41.0 Å². The lowest BCUT2D eigenvalue weighted by Crippen LogP contribution is -2.24. The molecule has 0 amide bonds. The molecule has 0 radical (unpaired) electrons. The largest absolute Gasteiger partial charge is 0.305 e. The molecule has 0 aliphatic heterocycles. The maximum Gasteiger partial charge on any atom is 0.128 e. The Morgan fingerprint density at radius 3 is 2.74 bits per heavy atom. The summed E-state index contributed by atoms with van der Waals surface area (Å²) in [6.07, 6.45) is 2.70. The van der Waals surface area contributed by atoms with Crippen LogP contribution in [-0.4, -0.2) is 16.1 Å². The molecule has 3 nitrogen and oxygen atoms in total. The first-order chi connectivity index (χ1) is 9.13. The van der Waals surface area contributed by atoms with Gasteiger partial charge >= 0.3 is 0 Å². The van der Waals surface area contributed by atoms with Crippen LogP contribution in [0.2, 0.25) is 0 Å². The molecule has 5 heteroatoms. The number of rotatable bonds is 5. The highest BCUT2D eigenvalue weighted by Gasteiger charge is 2.21. The van der Waals surface area contributed by atoms with Gasteiger partial charge in [0.05, 0.1) is 17.1 Å². The van der Waals surface area contributed by atoms with Gasteiger partial charge < -0.3 is 5.32 Å². The van der Waals surface area contributed by atoms with Gasteiger partial charge in [-0.05, 0) is 55.5 Å². The predicted octanol–water partition coefficient (Wildman–Crippen LogP) is 3.38. The number of hydrogen-bond donors (Lipinski definition) is 1. The van der Waals surface area contributed by atoms with Crippen LogP contribution in [0.4, 0.5) is 4.39 Å². The first-order valence-corrected chi connectivity index (χ1v) is 7.18. The van der Waals surface area contributed by atoms with Gasteiger partial charge in [0.15, 0.2) is 0 Å². The molecule has 2 aromatic rings. The molecule has 2 rings (SSSR count). The molecule has 0 bridgehead atoms. The highest BCUT2D eigenvalue weighted by atomic mass is 32.1. The summed E-state index contributed by atoms with van der Waals surface area (Å²) in [6.45, 7) is 6.77. The monoisotopic (exact) mass is 279 g/mol. The third kappa shape index (κ3) is 3.16. The Morgan fingerprint density at radius 1 is 1.37 bits per heavy atom. The van der Waals surface area contributed by atoms with Crippen molar-refractivity contribution in [3.05, 3.63) is 45.7 Å². The van der Waals surface area contributed by atoms with Gasteiger partial charge in [-0.2, -0.15) is 0 Å². The van der Waals surface area contributed by atoms with Crippen molar-refractivity contribution in [3.8, 4) is 0 Å². The predicted molar refractivity (Wildman–Crippen MR) is 75.9 cm³/mol. The van der Waals surface area contributed by atoms with E-state index in [4.69, 9.17) is 0 Å². The number of nitrogens with one attached hydrogen (secondary N) is 1. The van der Waals surface area contributed by atoms with E-state index in [1.54, 1.807) is 12.3 Å². The lowest BCUT2D eigenvalue weighted by molar-refractivity contribution is 0.547. The molecule has 0 aliphatic rings. The van der Waals surface area contributed by atoms with Crippen LogP contribution in [0.5, 0.6) is 0 Å². The molecule has 0 saturated carbocycles. The number of hydrogen-bond acceptors (Lipinski definition) is 4. The summed E-state index contributed by atoms with van der Waals surface area (Å²) in [5.41, 5.74) is 2.60. The molecule has 102 valence electrons. The van der Waals surface area contributed by atoms with E-state index in [-0.39, 0.29) is 11.9 Å². The second kappa shape index (κ2) is 6.21. The van der Waals surface area contributed by atoms with E-state index >= 15 is 0 Å². The standard InChI is InChI=1S/C14H18FN3S/c1-4-5-16-14(12-8-17-18-19-12)13-10(3)6-9(2)7-11(13)15/h6-8,14,16H,4-5H2,1-3H3. The average Bonchev–Trinajstić information content (AvgIpc) is 2.85. The molecule has 0 saturated heterocycles. The second-order valence-corrected chi connectivity index (χ2v) is 5.50. The normalized spacial score (nSPS) is 12.6. The van der Waals surface area contributed by atoms with Crippen molar-refractivity contribution in [1.82, 2.24) is 14.9 Å². The van der Waals surface area contributed by atoms with Gasteiger partial charge in [-0.3, -0.25) is 0 Å². The minimum Gasteiger partial charge on any atom is -0.305 e. The lowest BCUT2D eigenvalue weighted by Gasteiger charge is -2.20. The van der Waals surface area contributed by atoms with Crippen molar-refractivity contribution in [2.24, 2.45) is 0 Å². The van der Waals surface area contributed by atoms with Gasteiger partial charge in [-0.25, -0.2) is 4.39 Å². The number of benzene rings is 1. The van der Waals surface area contributed by atoms with E-state index in [9.17, 15) is 4.39 Å². The van der Waals surface area contributed by atoms with Crippen LogP contribution in [0.3, 0.4) is 0 Å². The van der Waals surface area contributed by atoms with Crippen LogP contribution in [0.25, 0.3) is 0 Å². The molecule has 1 heterocycles. The van der Waals surface area contributed by atoms with Crippen molar-refractivity contribution in [3.63, 3.8) is 0 Å². The summed E-state index contributed by atoms with van der Waals surface area (Å²) < 4.78 is 18.2. The topological polar surface area (TPSA) is 37.8 Å². The van der Waals surface area contributed by atoms with Crippen molar-refractivity contribution in [2.45, 2.75) is 33.2 Å². The highest BCUT2D eigenvalue weighted by molar-refractivity contribution is 7.05. The van der Waals surface area contributed by atoms with E-state index in [1.165, 1.54) is 11.5 Å². The van der Waals surface area contributed by atoms with Gasteiger partial charge in [0.1, 0.15) is 5.82 Å². The van der Waals surface area contributed by atoms with E-state index in [1.807, 2.05) is 19.9 Å². The Balaban J connectivity index is 2.44. The third-order valence-electron chi connectivity index (χ3n) is 3.03. The number of halogens is 1. The van der Waals surface area contributed by atoms with Gasteiger partial charge in [-0.1, -0.05) is 17.5 Å². The first kappa shape index (κ1) is 14.1. The Bertz CT molecular complexity index is 517. The van der Waals surface area contributed by atoms with Crippen LogP contribution in [0.15, 0.2) is 18.3 Å². The van der Waals surface area contributed by atoms with E-state index in [2.05, 4.69) is 21.8 Å². The molecule has 1 aromatic heterocycles. The molecule has 1 aromatic carbocycles. The zero-order valence-electron chi connectivity index (χ0n) is 11.4. The Labute approximate surface area is 117 Å². The molecule has 0 aliphatic carbocycles. The molecule has 19 heavy (non-hydrogen) atoms. The maximum atomic E-state index is 14.3. The zero-order chi connectivity index (χ0) is 13.8. The van der Waals surface area contributed by atoms with Gasteiger partial charge in [0, 0.05) is 5.56 Å². The summed E-state index contributed by atoms with van der Waals surface area (Å²) >= 11 is 1.31. The Kier molecular flexibility index (Phi) is 4.61. The summed E-state index contributed by atoms with van der Waals surface area (Å²) in [4.78, 5) is 0.944. The van der Waals surface area contributed by atoms with Crippen molar-refractivity contribution >= 4 is 11.5 Å². The maximum absolute atomic E-state index is 14.3. The molecular weight excluding hydrogens is 261 g/mol. The zero-order valence-corrected chi connectivity index (χ0v) is 12.2. The highest BCUT2D eigenvalue weighted by Crippen LogP contribution is 2.29. The fraction of sp³-hybridized carbons (Fsp3) is 0.429. The molecule has 1 unspecified atom stereocenters. The number of aromatic nitrogens is 2. The van der Waals surface area contributed by atoms with Crippen LogP contribution < -0.4 is 5.32 Å². The van der Waals surface area contributed by atoms with Crippen LogP contribution in [-0.2, 0) is 0 Å². The minimum atomic E-state index is -0.167. The van der Waals surface area contributed by atoms with E-state index < -0.39 is 0 Å². The van der Waals surface area contributed by atoms with Gasteiger partial charge in [-0.15, -0.1) is 5.10 Å². The molecular formula is C14H18FN3S. The summed E-state index contributed by atoms with van der Waals surface area (Å²) in [7, 11) is 0. The number of nitrogens with zero attached hydrogens (tertiary/aromatic N) is 2. The number of aryl methyl sites for hydroxylation is 2. The molecule has 1 N–H and O–H groups in total. The van der Waals surface area contributed by atoms with E-state index in [0.717, 1.165) is 29.0 Å². The molecule has 0 spiro atoms. The van der Waals surface area contributed by atoms with Gasteiger partial charge in [0.25, 0.3) is 0 Å². The van der Waals surface area contributed by atoms with Gasteiger partial charge in [0.2, 0.25) is 0 Å². The smallest absolute Gasteiger partial charge is 0.128 e. The average molecular weight is 279 g/mol. The first-order valence-electron chi connectivity index (χ1n) is 6.40. The molecule has 0 fully saturated rings. The van der Waals surface area contributed by atoms with Crippen molar-refractivity contribution in [2.75, 3.05) is 6.54 Å². The van der Waals surface area contributed by atoms with E-state index in [0.29, 0.717) is 5.56 Å². The van der Waals surface area contributed by atoms with Crippen LogP contribution >= 0.6 is 11.5 Å².